The lowest BCUT2D eigenvalue weighted by atomic mass is 10.1. The highest BCUT2D eigenvalue weighted by molar-refractivity contribution is 7.92. The molecule has 0 aliphatic rings. The summed E-state index contributed by atoms with van der Waals surface area (Å²) in [6.45, 7) is 7.40. The van der Waals surface area contributed by atoms with Gasteiger partial charge in [-0.25, -0.2) is 8.42 Å². The van der Waals surface area contributed by atoms with Gasteiger partial charge in [-0.2, -0.15) is 0 Å². The van der Waals surface area contributed by atoms with Crippen molar-refractivity contribution in [3.05, 3.63) is 92.9 Å². The van der Waals surface area contributed by atoms with E-state index >= 15 is 0 Å². The van der Waals surface area contributed by atoms with Crippen LogP contribution < -0.4 is 9.62 Å². The van der Waals surface area contributed by atoms with Gasteiger partial charge < -0.3 is 10.2 Å². The molecule has 1 unspecified atom stereocenters. The zero-order chi connectivity index (χ0) is 30.3. The highest BCUT2D eigenvalue weighted by Crippen LogP contribution is 2.28. The van der Waals surface area contributed by atoms with Crippen LogP contribution in [0.3, 0.4) is 0 Å². The molecule has 0 saturated heterocycles. The number of hydrogen-bond acceptors (Lipinski definition) is 4. The highest BCUT2D eigenvalue weighted by atomic mass is 35.5. The fourth-order valence-corrected chi connectivity index (χ4v) is 6.23. The molecule has 0 heterocycles. The van der Waals surface area contributed by atoms with Crippen LogP contribution in [0.2, 0.25) is 15.1 Å². The van der Waals surface area contributed by atoms with Crippen molar-refractivity contribution in [3.63, 3.8) is 0 Å². The van der Waals surface area contributed by atoms with E-state index in [0.717, 1.165) is 9.87 Å². The number of hydrogen-bond donors (Lipinski definition) is 1. The molecule has 41 heavy (non-hydrogen) atoms. The Morgan fingerprint density at radius 3 is 2.17 bits per heavy atom. The van der Waals surface area contributed by atoms with Crippen LogP contribution >= 0.6 is 34.8 Å². The topological polar surface area (TPSA) is 86.8 Å². The molecule has 3 aromatic carbocycles. The number of carbonyl (C=O) groups excluding carboxylic acids is 2. The zero-order valence-electron chi connectivity index (χ0n) is 23.4. The fraction of sp³-hybridized carbons (Fsp3) is 0.333. The molecule has 0 spiro atoms. The lowest BCUT2D eigenvalue weighted by Gasteiger charge is -2.33. The van der Waals surface area contributed by atoms with E-state index < -0.39 is 28.5 Å². The van der Waals surface area contributed by atoms with Gasteiger partial charge in [-0.15, -0.1) is 0 Å². The van der Waals surface area contributed by atoms with E-state index in [0.29, 0.717) is 33.6 Å². The summed E-state index contributed by atoms with van der Waals surface area (Å²) in [5, 5.41) is 3.96. The van der Waals surface area contributed by atoms with Gasteiger partial charge in [0, 0.05) is 28.2 Å². The lowest BCUT2D eigenvalue weighted by Crippen LogP contribution is -2.52. The minimum atomic E-state index is -4.19. The van der Waals surface area contributed by atoms with Crippen LogP contribution in [-0.2, 0) is 26.2 Å². The summed E-state index contributed by atoms with van der Waals surface area (Å²) in [4.78, 5) is 28.8. The normalized spacial score (nSPS) is 12.2. The summed E-state index contributed by atoms with van der Waals surface area (Å²) < 4.78 is 28.8. The van der Waals surface area contributed by atoms with E-state index in [9.17, 15) is 18.0 Å². The molecule has 0 bridgehead atoms. The van der Waals surface area contributed by atoms with Gasteiger partial charge in [0.1, 0.15) is 12.6 Å². The van der Waals surface area contributed by atoms with Crippen LogP contribution in [-0.4, -0.2) is 44.3 Å². The van der Waals surface area contributed by atoms with Crippen LogP contribution in [0.5, 0.6) is 0 Å². The monoisotopic (exact) mass is 637 g/mol. The number of halogens is 3. The first kappa shape index (κ1) is 32.7. The van der Waals surface area contributed by atoms with Crippen molar-refractivity contribution in [1.82, 2.24) is 10.2 Å². The Morgan fingerprint density at radius 1 is 0.927 bits per heavy atom. The molecule has 1 N–H and O–H groups in total. The molecule has 3 aromatic rings. The molecule has 0 aliphatic carbocycles. The Morgan fingerprint density at radius 2 is 1.59 bits per heavy atom. The van der Waals surface area contributed by atoms with Crippen molar-refractivity contribution in [2.75, 3.05) is 17.4 Å². The second-order valence-electron chi connectivity index (χ2n) is 10.1. The quantitative estimate of drug-likeness (QED) is 0.238. The number of sulfonamides is 1. The molecule has 2 amide bonds. The molecule has 0 aliphatic heterocycles. The van der Waals surface area contributed by atoms with Crippen molar-refractivity contribution in [1.29, 1.82) is 0 Å². The first-order valence-electron chi connectivity index (χ1n) is 13.2. The number of nitrogens with one attached hydrogen (secondary N) is 1. The molecule has 0 fully saturated rings. The first-order chi connectivity index (χ1) is 19.3. The van der Waals surface area contributed by atoms with Gasteiger partial charge in [0.15, 0.2) is 0 Å². The van der Waals surface area contributed by atoms with Crippen molar-refractivity contribution in [2.45, 2.75) is 51.6 Å². The number of carbonyl (C=O) groups is 2. The van der Waals surface area contributed by atoms with Crippen LogP contribution in [0.1, 0.15) is 38.3 Å². The van der Waals surface area contributed by atoms with Crippen molar-refractivity contribution >= 4 is 62.3 Å². The minimum absolute atomic E-state index is 0.0184. The van der Waals surface area contributed by atoms with Crippen LogP contribution in [0.15, 0.2) is 71.6 Å². The van der Waals surface area contributed by atoms with E-state index in [1.807, 2.05) is 20.8 Å². The third-order valence-electron chi connectivity index (χ3n) is 6.41. The number of benzene rings is 3. The predicted molar refractivity (Wildman–Crippen MR) is 166 cm³/mol. The maximum Gasteiger partial charge on any atom is 0.264 e. The first-order valence-corrected chi connectivity index (χ1v) is 15.8. The van der Waals surface area contributed by atoms with Crippen LogP contribution in [0.25, 0.3) is 0 Å². The summed E-state index contributed by atoms with van der Waals surface area (Å²) >= 11 is 18.8. The SMILES string of the molecule is CCC(C(=O)NCC(C)C)N(Cc1ccc(Cl)cc1Cl)C(=O)CN(c1cccc(Cl)c1)S(=O)(=O)c1ccc(C)cc1. The molecule has 7 nitrogen and oxygen atoms in total. The van der Waals surface area contributed by atoms with Gasteiger partial charge >= 0.3 is 0 Å². The van der Waals surface area contributed by atoms with Gasteiger partial charge in [0.05, 0.1) is 10.6 Å². The van der Waals surface area contributed by atoms with Gasteiger partial charge in [-0.1, -0.05) is 85.4 Å². The summed E-state index contributed by atoms with van der Waals surface area (Å²) in [6, 6.07) is 16.6. The van der Waals surface area contributed by atoms with Crippen molar-refractivity contribution in [2.24, 2.45) is 5.92 Å². The maximum absolute atomic E-state index is 14.1. The Hall–Kier alpha value is -2.78. The number of amides is 2. The number of aryl methyl sites for hydroxylation is 1. The highest BCUT2D eigenvalue weighted by Gasteiger charge is 2.34. The summed E-state index contributed by atoms with van der Waals surface area (Å²) in [5.74, 6) is -0.724. The number of nitrogens with zero attached hydrogens (tertiary/aromatic N) is 2. The Kier molecular flexibility index (Phi) is 11.5. The van der Waals surface area contributed by atoms with Gasteiger partial charge in [-0.3, -0.25) is 13.9 Å². The molecule has 0 radical (unpaired) electrons. The molecule has 0 saturated carbocycles. The van der Waals surface area contributed by atoms with E-state index in [1.165, 1.54) is 23.1 Å². The largest absolute Gasteiger partial charge is 0.354 e. The average molecular weight is 639 g/mol. The maximum atomic E-state index is 14.1. The number of rotatable bonds is 12. The summed E-state index contributed by atoms with van der Waals surface area (Å²) in [7, 11) is -4.19. The van der Waals surface area contributed by atoms with Gasteiger partial charge in [0.2, 0.25) is 11.8 Å². The average Bonchev–Trinajstić information content (AvgIpc) is 2.91. The van der Waals surface area contributed by atoms with E-state index in [2.05, 4.69) is 5.32 Å². The summed E-state index contributed by atoms with van der Waals surface area (Å²) in [6.07, 6.45) is 0.294. The van der Waals surface area contributed by atoms with Gasteiger partial charge in [0.25, 0.3) is 10.0 Å². The summed E-state index contributed by atoms with van der Waals surface area (Å²) in [5.41, 5.74) is 1.67. The smallest absolute Gasteiger partial charge is 0.264 e. The van der Waals surface area contributed by atoms with E-state index in [-0.39, 0.29) is 29.0 Å². The minimum Gasteiger partial charge on any atom is -0.354 e. The second-order valence-corrected chi connectivity index (χ2v) is 13.3. The Bertz CT molecular complexity index is 1480. The lowest BCUT2D eigenvalue weighted by molar-refractivity contribution is -0.140. The molecule has 1 atom stereocenters. The molecule has 0 aromatic heterocycles. The molecular formula is C30H34Cl3N3O4S. The van der Waals surface area contributed by atoms with Crippen molar-refractivity contribution < 1.29 is 18.0 Å². The molecule has 11 heteroatoms. The standard InChI is InChI=1S/C30H34Cl3N3O4S/c1-5-28(30(38)34-17-20(2)3)35(18-22-11-12-24(32)16-27(22)33)29(37)19-36(25-8-6-7-23(31)15-25)41(39,40)26-13-9-21(4)10-14-26/h6-16,20,28H,5,17-19H2,1-4H3,(H,34,38). The molecular weight excluding hydrogens is 605 g/mol. The Labute approximate surface area is 257 Å². The second kappa shape index (κ2) is 14.4. The van der Waals surface area contributed by atoms with Gasteiger partial charge in [-0.05, 0) is 67.3 Å². The van der Waals surface area contributed by atoms with Crippen LogP contribution in [0.4, 0.5) is 5.69 Å². The molecule has 220 valence electrons. The number of anilines is 1. The van der Waals surface area contributed by atoms with Crippen LogP contribution in [0, 0.1) is 12.8 Å². The zero-order valence-corrected chi connectivity index (χ0v) is 26.5. The predicted octanol–water partition coefficient (Wildman–Crippen LogP) is 6.73. The van der Waals surface area contributed by atoms with E-state index in [1.54, 1.807) is 55.5 Å². The third kappa shape index (κ3) is 8.61. The third-order valence-corrected chi connectivity index (χ3v) is 9.02. The fourth-order valence-electron chi connectivity index (χ4n) is 4.17. The molecule has 3 rings (SSSR count). The van der Waals surface area contributed by atoms with Crippen molar-refractivity contribution in [3.8, 4) is 0 Å². The van der Waals surface area contributed by atoms with E-state index in [4.69, 9.17) is 34.8 Å². The Balaban J connectivity index is 2.07.